The third-order valence-electron chi connectivity index (χ3n) is 8.43. The van der Waals surface area contributed by atoms with Crippen molar-refractivity contribution < 1.29 is 27.6 Å². The summed E-state index contributed by atoms with van der Waals surface area (Å²) in [5, 5.41) is 5.63. The molecule has 6 rings (SSSR count). The summed E-state index contributed by atoms with van der Waals surface area (Å²) in [6.07, 6.45) is -1.17. The molecule has 1 fully saturated rings. The van der Waals surface area contributed by atoms with E-state index < -0.39 is 17.6 Å². The van der Waals surface area contributed by atoms with E-state index in [1.54, 1.807) is 35.1 Å². The number of pyridine rings is 2. The molecule has 0 unspecified atom stereocenters. The van der Waals surface area contributed by atoms with Gasteiger partial charge in [0.1, 0.15) is 0 Å². The highest BCUT2D eigenvalue weighted by atomic mass is 19.4. The van der Waals surface area contributed by atoms with Crippen molar-refractivity contribution in [3.05, 3.63) is 90.3 Å². The number of nitrogens with one attached hydrogen (secondary N) is 1. The second-order valence-electron chi connectivity index (χ2n) is 11.3. The third kappa shape index (κ3) is 6.41. The van der Waals surface area contributed by atoms with E-state index in [-0.39, 0.29) is 41.6 Å². The molecule has 3 heterocycles. The quantitative estimate of drug-likeness (QED) is 0.193. The van der Waals surface area contributed by atoms with Crippen LogP contribution in [0.15, 0.2) is 79.1 Å². The van der Waals surface area contributed by atoms with Crippen LogP contribution < -0.4 is 10.2 Å². The fraction of sp³-hybridized carbons (Fsp3) is 0.257. The first-order valence-electron chi connectivity index (χ1n) is 15.2. The van der Waals surface area contributed by atoms with Crippen molar-refractivity contribution in [1.29, 1.82) is 0 Å². The lowest BCUT2D eigenvalue weighted by Crippen LogP contribution is -2.49. The average Bonchev–Trinajstić information content (AvgIpc) is 3.10. The minimum atomic E-state index is -4.66. The SMILES string of the molecule is CCC(=O)N1CCN(c2ccc(Nc3c(C(=O)N(C)OC)cnc4ccc(-c5cnc6ccccc6c5)cc34)cc2C(F)(F)F)CC1. The number of nitrogens with zero attached hydrogens (tertiary/aromatic N) is 5. The highest BCUT2D eigenvalue weighted by Crippen LogP contribution is 2.40. The molecule has 0 saturated carbocycles. The lowest BCUT2D eigenvalue weighted by atomic mass is 10.0. The number of para-hydroxylation sites is 1. The average molecular weight is 643 g/mol. The zero-order valence-corrected chi connectivity index (χ0v) is 26.1. The van der Waals surface area contributed by atoms with E-state index in [4.69, 9.17) is 4.84 Å². The van der Waals surface area contributed by atoms with Crippen molar-refractivity contribution in [3.63, 3.8) is 0 Å². The Labute approximate surface area is 269 Å². The molecule has 1 aliphatic rings. The van der Waals surface area contributed by atoms with Crippen LogP contribution in [0.1, 0.15) is 29.3 Å². The van der Waals surface area contributed by atoms with Crippen molar-refractivity contribution >= 4 is 50.7 Å². The Kier molecular flexibility index (Phi) is 8.69. The van der Waals surface area contributed by atoms with Crippen molar-refractivity contribution in [2.24, 2.45) is 0 Å². The number of rotatable bonds is 7. The maximum atomic E-state index is 14.5. The Morgan fingerprint density at radius 3 is 2.38 bits per heavy atom. The Morgan fingerprint density at radius 1 is 0.915 bits per heavy atom. The molecule has 242 valence electrons. The fourth-order valence-electron chi connectivity index (χ4n) is 5.83. The van der Waals surface area contributed by atoms with E-state index in [0.29, 0.717) is 30.4 Å². The Hall–Kier alpha value is -5.23. The van der Waals surface area contributed by atoms with Crippen LogP contribution in [0.5, 0.6) is 0 Å². The summed E-state index contributed by atoms with van der Waals surface area (Å²) in [6.45, 7) is 3.03. The maximum Gasteiger partial charge on any atom is 0.418 e. The maximum absolute atomic E-state index is 14.5. The van der Waals surface area contributed by atoms with Gasteiger partial charge in [-0.1, -0.05) is 31.2 Å². The molecule has 1 aliphatic heterocycles. The number of fused-ring (bicyclic) bond motifs is 2. The van der Waals surface area contributed by atoms with E-state index in [1.165, 1.54) is 26.4 Å². The molecule has 2 aromatic heterocycles. The molecule has 1 N–H and O–H groups in total. The number of hydroxylamine groups is 2. The van der Waals surface area contributed by atoms with Crippen LogP contribution in [0.25, 0.3) is 32.9 Å². The number of hydrogen-bond donors (Lipinski definition) is 1. The Balaban J connectivity index is 1.43. The lowest BCUT2D eigenvalue weighted by Gasteiger charge is -2.37. The number of benzene rings is 3. The van der Waals surface area contributed by atoms with Gasteiger partial charge < -0.3 is 15.1 Å². The zero-order chi connectivity index (χ0) is 33.3. The summed E-state index contributed by atoms with van der Waals surface area (Å²) >= 11 is 0. The van der Waals surface area contributed by atoms with Crippen molar-refractivity contribution in [1.82, 2.24) is 19.9 Å². The van der Waals surface area contributed by atoms with Gasteiger partial charge in [0.05, 0.1) is 35.0 Å². The predicted octanol–water partition coefficient (Wildman–Crippen LogP) is 6.90. The van der Waals surface area contributed by atoms with Crippen LogP contribution in [0.3, 0.4) is 0 Å². The number of aromatic nitrogens is 2. The number of alkyl halides is 3. The molecule has 47 heavy (non-hydrogen) atoms. The second kappa shape index (κ2) is 12.9. The van der Waals surface area contributed by atoms with Crippen molar-refractivity contribution in [3.8, 4) is 11.1 Å². The highest BCUT2D eigenvalue weighted by Gasteiger charge is 2.36. The fourth-order valence-corrected chi connectivity index (χ4v) is 5.83. The van der Waals surface area contributed by atoms with Gasteiger partial charge in [-0.3, -0.25) is 24.4 Å². The van der Waals surface area contributed by atoms with Gasteiger partial charge in [0.2, 0.25) is 5.91 Å². The minimum Gasteiger partial charge on any atom is -0.367 e. The van der Waals surface area contributed by atoms with Gasteiger partial charge in [-0.15, -0.1) is 0 Å². The van der Waals surface area contributed by atoms with Crippen molar-refractivity contribution in [2.45, 2.75) is 19.5 Å². The highest BCUT2D eigenvalue weighted by molar-refractivity contribution is 6.08. The number of hydrogen-bond acceptors (Lipinski definition) is 7. The second-order valence-corrected chi connectivity index (χ2v) is 11.3. The van der Waals surface area contributed by atoms with Crippen LogP contribution in [-0.4, -0.2) is 72.1 Å². The standard InChI is InChI=1S/C35H33F3N6O3/c1-4-32(45)44-15-13-43(14-16-44)31-12-10-25(19-28(31)35(36,37)38)41-33-26-18-22(24-17-23-7-5-6-8-29(23)39-20-24)9-11-30(26)40-21-27(33)34(46)42(2)47-3/h5-12,17-21H,4,13-16H2,1-3H3,(H,40,41). The molecule has 0 aliphatic carbocycles. The van der Waals surface area contributed by atoms with Gasteiger partial charge in [0.25, 0.3) is 5.91 Å². The number of anilines is 3. The van der Waals surface area contributed by atoms with Crippen LogP contribution >= 0.6 is 0 Å². The molecule has 3 aromatic carbocycles. The van der Waals surface area contributed by atoms with Crippen LogP contribution in [0.4, 0.5) is 30.2 Å². The molecule has 9 nitrogen and oxygen atoms in total. The van der Waals surface area contributed by atoms with Crippen molar-refractivity contribution in [2.75, 3.05) is 50.6 Å². The Bertz CT molecular complexity index is 1970. The van der Waals surface area contributed by atoms with Gasteiger partial charge in [-0.05, 0) is 48.0 Å². The molecule has 5 aromatic rings. The molecule has 0 spiro atoms. The summed E-state index contributed by atoms with van der Waals surface area (Å²) in [6, 6.07) is 19.3. The molecule has 0 atom stereocenters. The third-order valence-corrected chi connectivity index (χ3v) is 8.43. The number of carbonyl (C=O) groups is 2. The van der Waals surface area contributed by atoms with E-state index in [9.17, 15) is 22.8 Å². The first-order chi connectivity index (χ1) is 22.6. The molecular formula is C35H33F3N6O3. The first kappa shape index (κ1) is 31.7. The molecule has 2 amide bonds. The van der Waals surface area contributed by atoms with Gasteiger partial charge in [-0.2, -0.15) is 13.2 Å². The number of amides is 2. The molecule has 1 saturated heterocycles. The van der Waals surface area contributed by atoms with E-state index >= 15 is 0 Å². The van der Waals surface area contributed by atoms with E-state index in [0.717, 1.165) is 33.2 Å². The summed E-state index contributed by atoms with van der Waals surface area (Å²) in [5.74, 6) is -0.552. The van der Waals surface area contributed by atoms with E-state index in [2.05, 4.69) is 15.3 Å². The normalized spacial score (nSPS) is 13.7. The number of carbonyl (C=O) groups excluding carboxylic acids is 2. The topological polar surface area (TPSA) is 90.9 Å². The molecule has 12 heteroatoms. The summed E-state index contributed by atoms with van der Waals surface area (Å²) < 4.78 is 43.6. The Morgan fingerprint density at radius 2 is 1.66 bits per heavy atom. The minimum absolute atomic E-state index is 0.0191. The summed E-state index contributed by atoms with van der Waals surface area (Å²) in [5.41, 5.74) is 2.75. The van der Waals surface area contributed by atoms with Crippen LogP contribution in [-0.2, 0) is 15.8 Å². The van der Waals surface area contributed by atoms with Gasteiger partial charge >= 0.3 is 6.18 Å². The first-order valence-corrected chi connectivity index (χ1v) is 15.2. The lowest BCUT2D eigenvalue weighted by molar-refractivity contribution is -0.137. The largest absolute Gasteiger partial charge is 0.418 e. The number of halogens is 3. The van der Waals surface area contributed by atoms with Gasteiger partial charge in [0.15, 0.2) is 0 Å². The molecule has 0 radical (unpaired) electrons. The summed E-state index contributed by atoms with van der Waals surface area (Å²) in [7, 11) is 2.79. The van der Waals surface area contributed by atoms with Gasteiger partial charge in [-0.25, -0.2) is 5.06 Å². The predicted molar refractivity (Wildman–Crippen MR) is 175 cm³/mol. The molecular weight excluding hydrogens is 609 g/mol. The van der Waals surface area contributed by atoms with Crippen LogP contribution in [0.2, 0.25) is 0 Å². The molecule has 0 bridgehead atoms. The van der Waals surface area contributed by atoms with E-state index in [1.807, 2.05) is 42.5 Å². The number of piperazine rings is 1. The van der Waals surface area contributed by atoms with Gasteiger partial charge in [0, 0.05) is 79.8 Å². The van der Waals surface area contributed by atoms with Crippen LogP contribution in [0, 0.1) is 0 Å². The zero-order valence-electron chi connectivity index (χ0n) is 26.1. The smallest absolute Gasteiger partial charge is 0.367 e. The monoisotopic (exact) mass is 642 g/mol. The summed E-state index contributed by atoms with van der Waals surface area (Å²) in [4.78, 5) is 43.0.